The van der Waals surface area contributed by atoms with Crippen LogP contribution < -0.4 is 0 Å². The molecule has 8 heteroatoms. The SMILES string of the molecule is O=C(O)C(O)C(O)C(=O)O.[KH].[KH]. The molecule has 12 heavy (non-hydrogen) atoms. The quantitative estimate of drug-likeness (QED) is 0.375. The van der Waals surface area contributed by atoms with E-state index in [1.54, 1.807) is 0 Å². The minimum atomic E-state index is -2.27. The van der Waals surface area contributed by atoms with Crippen LogP contribution in [0.1, 0.15) is 0 Å². The van der Waals surface area contributed by atoms with E-state index < -0.39 is 24.1 Å². The molecule has 0 rings (SSSR count). The third-order valence-corrected chi connectivity index (χ3v) is 0.805. The Kier molecular flexibility index (Phi) is 15.9. The van der Waals surface area contributed by atoms with Crippen LogP contribution in [-0.4, -0.2) is 147 Å². The molecule has 2 unspecified atom stereocenters. The van der Waals surface area contributed by atoms with E-state index in [2.05, 4.69) is 0 Å². The van der Waals surface area contributed by atoms with E-state index in [0.717, 1.165) is 0 Å². The van der Waals surface area contributed by atoms with E-state index in [0.29, 0.717) is 0 Å². The van der Waals surface area contributed by atoms with Crippen LogP contribution in [0.3, 0.4) is 0 Å². The van der Waals surface area contributed by atoms with Crippen molar-refractivity contribution in [1.82, 2.24) is 0 Å². The van der Waals surface area contributed by atoms with Gasteiger partial charge in [-0.05, 0) is 0 Å². The van der Waals surface area contributed by atoms with Crippen molar-refractivity contribution < 1.29 is 30.0 Å². The van der Waals surface area contributed by atoms with Gasteiger partial charge in [-0.1, -0.05) is 0 Å². The third-order valence-electron chi connectivity index (χ3n) is 0.805. The second-order valence-corrected chi connectivity index (χ2v) is 1.57. The Hall–Kier alpha value is 2.13. The molecule has 0 heterocycles. The topological polar surface area (TPSA) is 115 Å². The van der Waals surface area contributed by atoms with Gasteiger partial charge in [0.2, 0.25) is 0 Å². The Bertz CT molecular complexity index is 142. The number of carboxylic acids is 2. The Labute approximate surface area is 153 Å². The predicted octanol–water partition coefficient (Wildman–Crippen LogP) is -3.42. The Morgan fingerprint density at radius 3 is 1.08 bits per heavy atom. The van der Waals surface area contributed by atoms with Crippen molar-refractivity contribution in [3.05, 3.63) is 0 Å². The van der Waals surface area contributed by atoms with Gasteiger partial charge in [0.25, 0.3) is 0 Å². The van der Waals surface area contributed by atoms with Crippen LogP contribution in [0.2, 0.25) is 0 Å². The van der Waals surface area contributed by atoms with Gasteiger partial charge in [-0.3, -0.25) is 0 Å². The van der Waals surface area contributed by atoms with E-state index in [9.17, 15) is 9.59 Å². The Morgan fingerprint density at radius 2 is 1.00 bits per heavy atom. The van der Waals surface area contributed by atoms with Crippen LogP contribution in [0.15, 0.2) is 0 Å². The predicted molar refractivity (Wildman–Crippen MR) is 41.6 cm³/mol. The molecule has 0 aromatic rings. The average Bonchev–Trinajstić information content (AvgIpc) is 1.84. The summed E-state index contributed by atoms with van der Waals surface area (Å²) >= 11 is 0. The molecule has 4 N–H and O–H groups in total. The van der Waals surface area contributed by atoms with Gasteiger partial charge >= 0.3 is 115 Å². The first-order chi connectivity index (χ1) is 4.46. The summed E-state index contributed by atoms with van der Waals surface area (Å²) in [6, 6.07) is 0. The molecule has 0 aliphatic rings. The van der Waals surface area contributed by atoms with Crippen molar-refractivity contribution in [2.24, 2.45) is 0 Å². The Morgan fingerprint density at radius 1 is 0.833 bits per heavy atom. The number of aliphatic hydroxyl groups is 2. The zero-order valence-electron chi connectivity index (χ0n) is 4.76. The molecule has 0 amide bonds. The molecule has 0 aromatic heterocycles. The summed E-state index contributed by atoms with van der Waals surface area (Å²) in [5.74, 6) is -3.54. The first-order valence-corrected chi connectivity index (χ1v) is 2.28. The molecule has 0 radical (unpaired) electrons. The molecule has 0 aliphatic heterocycles. The Balaban J connectivity index is -0.000000405. The first-order valence-electron chi connectivity index (χ1n) is 2.28. The van der Waals surface area contributed by atoms with E-state index >= 15 is 0 Å². The fourth-order valence-corrected chi connectivity index (χ4v) is 0.270. The van der Waals surface area contributed by atoms with E-state index in [1.165, 1.54) is 0 Å². The maximum absolute atomic E-state index is 9.77. The number of aliphatic carboxylic acids is 2. The molecule has 0 aliphatic carbocycles. The van der Waals surface area contributed by atoms with Gasteiger partial charge in [0.1, 0.15) is 0 Å². The van der Waals surface area contributed by atoms with Gasteiger partial charge in [-0.15, -0.1) is 0 Å². The van der Waals surface area contributed by atoms with Crippen LogP contribution >= 0.6 is 0 Å². The molecule has 6 nitrogen and oxygen atoms in total. The van der Waals surface area contributed by atoms with Gasteiger partial charge in [-0.2, -0.15) is 0 Å². The van der Waals surface area contributed by atoms with Gasteiger partial charge < -0.3 is 20.4 Å². The summed E-state index contributed by atoms with van der Waals surface area (Å²) in [5.41, 5.74) is 0. The number of aliphatic hydroxyl groups excluding tert-OH is 2. The fourth-order valence-electron chi connectivity index (χ4n) is 0.270. The van der Waals surface area contributed by atoms with Crippen molar-refractivity contribution in [2.45, 2.75) is 12.2 Å². The van der Waals surface area contributed by atoms with E-state index in [-0.39, 0.29) is 103 Å². The van der Waals surface area contributed by atoms with Gasteiger partial charge in [0.15, 0.2) is 12.2 Å². The summed E-state index contributed by atoms with van der Waals surface area (Å²) in [6.45, 7) is 0. The summed E-state index contributed by atoms with van der Waals surface area (Å²) in [4.78, 5) is 19.5. The van der Waals surface area contributed by atoms with Crippen molar-refractivity contribution in [1.29, 1.82) is 0 Å². The molecular weight excluding hydrogens is 222 g/mol. The van der Waals surface area contributed by atoms with Crippen molar-refractivity contribution in [2.75, 3.05) is 0 Å². The van der Waals surface area contributed by atoms with E-state index in [1.807, 2.05) is 0 Å². The second kappa shape index (κ2) is 9.68. The van der Waals surface area contributed by atoms with Crippen LogP contribution in [0.5, 0.6) is 0 Å². The van der Waals surface area contributed by atoms with Crippen LogP contribution in [0, 0.1) is 0 Å². The zero-order chi connectivity index (χ0) is 8.31. The minimum absolute atomic E-state index is 0. The number of hydrogen-bond acceptors (Lipinski definition) is 4. The van der Waals surface area contributed by atoms with Crippen molar-refractivity contribution in [3.8, 4) is 0 Å². The monoisotopic (exact) mass is 230 g/mol. The van der Waals surface area contributed by atoms with Gasteiger partial charge in [0, 0.05) is 0 Å². The van der Waals surface area contributed by atoms with E-state index in [4.69, 9.17) is 20.4 Å². The standard InChI is InChI=1S/C4H6O6.2K.2H/c5-1(3(7)8)2(6)4(9)10;;;;/h1-2,5-6H,(H,7,8)(H,9,10);;;;. The fraction of sp³-hybridized carbons (Fsp3) is 0.500. The number of hydrogen-bond donors (Lipinski definition) is 4. The summed E-state index contributed by atoms with van der Waals surface area (Å²) in [6.07, 6.45) is -4.53. The molecule has 0 spiro atoms. The molecular formula is C4H8K2O6. The zero-order valence-corrected chi connectivity index (χ0v) is 4.76. The van der Waals surface area contributed by atoms with Gasteiger partial charge in [0.05, 0.1) is 0 Å². The van der Waals surface area contributed by atoms with Crippen LogP contribution in [0.4, 0.5) is 0 Å². The molecule has 0 saturated carbocycles. The van der Waals surface area contributed by atoms with Crippen LogP contribution in [0.25, 0.3) is 0 Å². The summed E-state index contributed by atoms with van der Waals surface area (Å²) in [5, 5.41) is 32.5. The number of carboxylic acid groups (broad SMARTS) is 2. The molecule has 0 saturated heterocycles. The van der Waals surface area contributed by atoms with Crippen LogP contribution in [-0.2, 0) is 9.59 Å². The van der Waals surface area contributed by atoms with Crippen molar-refractivity contribution in [3.63, 3.8) is 0 Å². The average molecular weight is 230 g/mol. The molecule has 0 bridgehead atoms. The summed E-state index contributed by atoms with van der Waals surface area (Å²) < 4.78 is 0. The van der Waals surface area contributed by atoms with Crippen molar-refractivity contribution >= 4 is 115 Å². The van der Waals surface area contributed by atoms with Gasteiger partial charge in [-0.25, -0.2) is 9.59 Å². The number of rotatable bonds is 3. The molecule has 0 fully saturated rings. The molecule has 2 atom stereocenters. The number of carbonyl (C=O) groups is 2. The first kappa shape index (κ1) is 19.7. The molecule has 62 valence electrons. The third kappa shape index (κ3) is 7.53. The normalized spacial score (nSPS) is 13.2. The second-order valence-electron chi connectivity index (χ2n) is 1.57. The maximum atomic E-state index is 9.77. The molecule has 0 aromatic carbocycles. The summed E-state index contributed by atoms with van der Waals surface area (Å²) in [7, 11) is 0.